The lowest BCUT2D eigenvalue weighted by molar-refractivity contribution is -0.141. The highest BCUT2D eigenvalue weighted by molar-refractivity contribution is 7.63. The Labute approximate surface area is 77.2 Å². The number of esters is 1. The van der Waals surface area contributed by atoms with Gasteiger partial charge in [-0.25, -0.2) is 4.79 Å². The topological polar surface area (TPSA) is 69.7 Å². The van der Waals surface area contributed by atoms with Crippen LogP contribution in [-0.4, -0.2) is 32.1 Å². The smallest absolute Gasteiger partial charge is 0.442 e. The van der Waals surface area contributed by atoms with Gasteiger partial charge in [0.1, 0.15) is 0 Å². The van der Waals surface area contributed by atoms with E-state index >= 15 is 0 Å². The molecule has 0 aromatic carbocycles. The first-order chi connectivity index (χ1) is 6.11. The molecule has 0 rings (SSSR count). The summed E-state index contributed by atoms with van der Waals surface area (Å²) in [5.41, 5.74) is -0.456. The molecule has 0 aromatic rings. The van der Waals surface area contributed by atoms with E-state index in [1.165, 1.54) is 14.2 Å². The second-order valence-electron chi connectivity index (χ2n) is 2.27. The van der Waals surface area contributed by atoms with Crippen LogP contribution in [0.3, 0.4) is 0 Å². The molecule has 0 N–H and O–H groups in total. The standard InChI is InChI=1S/C7H12O5P/c1-11-5-13(10)7(9)4-3-6(8)12-2/h3-5H2,1-2H3/q+1. The Morgan fingerprint density at radius 3 is 2.31 bits per heavy atom. The molecule has 6 heteroatoms. The van der Waals surface area contributed by atoms with E-state index in [1.807, 2.05) is 0 Å². The first kappa shape index (κ1) is 12.2. The van der Waals surface area contributed by atoms with Crippen molar-refractivity contribution in [2.45, 2.75) is 12.8 Å². The minimum atomic E-state index is -2.00. The van der Waals surface area contributed by atoms with E-state index in [2.05, 4.69) is 9.47 Å². The number of ether oxygens (including phenoxy) is 2. The van der Waals surface area contributed by atoms with Gasteiger partial charge in [0.2, 0.25) is 0 Å². The van der Waals surface area contributed by atoms with Crippen molar-refractivity contribution in [2.24, 2.45) is 0 Å². The van der Waals surface area contributed by atoms with Crippen LogP contribution in [-0.2, 0) is 23.6 Å². The van der Waals surface area contributed by atoms with E-state index < -0.39 is 19.3 Å². The van der Waals surface area contributed by atoms with Crippen molar-refractivity contribution in [2.75, 3.05) is 20.6 Å². The molecule has 0 fully saturated rings. The highest BCUT2D eigenvalue weighted by Gasteiger charge is 2.27. The minimum absolute atomic E-state index is 0.0277. The maximum absolute atomic E-state index is 11.0. The van der Waals surface area contributed by atoms with Crippen LogP contribution in [0.4, 0.5) is 0 Å². The molecule has 0 heterocycles. The summed E-state index contributed by atoms with van der Waals surface area (Å²) in [6, 6.07) is 0. The van der Waals surface area contributed by atoms with E-state index in [0.717, 1.165) is 0 Å². The number of carbonyl (C=O) groups excluding carboxylic acids is 2. The maximum atomic E-state index is 11.0. The lowest BCUT2D eigenvalue weighted by atomic mass is 10.3. The summed E-state index contributed by atoms with van der Waals surface area (Å²) >= 11 is 0. The van der Waals surface area contributed by atoms with E-state index in [9.17, 15) is 14.2 Å². The predicted molar refractivity (Wildman–Crippen MR) is 45.7 cm³/mol. The van der Waals surface area contributed by atoms with Gasteiger partial charge < -0.3 is 9.47 Å². The molecule has 74 valence electrons. The zero-order valence-electron chi connectivity index (χ0n) is 7.61. The van der Waals surface area contributed by atoms with Crippen LogP contribution in [0.1, 0.15) is 12.8 Å². The minimum Gasteiger partial charge on any atom is -0.469 e. The Morgan fingerprint density at radius 2 is 1.85 bits per heavy atom. The summed E-state index contributed by atoms with van der Waals surface area (Å²) in [6.07, 6.45) is -0.166. The summed E-state index contributed by atoms with van der Waals surface area (Å²) in [5.74, 6) is -0.478. The van der Waals surface area contributed by atoms with Crippen molar-refractivity contribution < 1.29 is 23.6 Å². The van der Waals surface area contributed by atoms with Crippen LogP contribution >= 0.6 is 7.80 Å². The molecule has 0 spiro atoms. The van der Waals surface area contributed by atoms with Crippen LogP contribution in [0, 0.1) is 0 Å². The molecule has 13 heavy (non-hydrogen) atoms. The molecule has 0 aliphatic carbocycles. The highest BCUT2D eigenvalue weighted by atomic mass is 31.1. The average molecular weight is 207 g/mol. The molecule has 1 atom stereocenters. The van der Waals surface area contributed by atoms with Gasteiger partial charge in [-0.05, 0) is 0 Å². The van der Waals surface area contributed by atoms with Gasteiger partial charge in [0.05, 0.1) is 20.0 Å². The summed E-state index contributed by atoms with van der Waals surface area (Å²) < 4.78 is 19.8. The van der Waals surface area contributed by atoms with Crippen molar-refractivity contribution >= 4 is 19.3 Å². The average Bonchev–Trinajstić information content (AvgIpc) is 2.13. The first-order valence-corrected chi connectivity index (χ1v) is 5.09. The molecule has 0 saturated heterocycles. The quantitative estimate of drug-likeness (QED) is 0.478. The Hall–Kier alpha value is -0.800. The maximum Gasteiger partial charge on any atom is 0.442 e. The Morgan fingerprint density at radius 1 is 1.23 bits per heavy atom. The van der Waals surface area contributed by atoms with E-state index in [0.29, 0.717) is 0 Å². The van der Waals surface area contributed by atoms with Gasteiger partial charge in [0.25, 0.3) is 6.35 Å². The van der Waals surface area contributed by atoms with Crippen LogP contribution in [0.5, 0.6) is 0 Å². The molecular formula is C7H12O5P+. The zero-order chi connectivity index (χ0) is 10.3. The molecule has 0 aliphatic heterocycles. The number of hydrogen-bond donors (Lipinski definition) is 0. The molecular weight excluding hydrogens is 195 g/mol. The number of methoxy groups -OCH3 is 2. The molecule has 5 nitrogen and oxygen atoms in total. The summed E-state index contributed by atoms with van der Waals surface area (Å²) in [7, 11) is 0.604. The predicted octanol–water partition coefficient (Wildman–Crippen LogP) is 0.897. The second kappa shape index (κ2) is 6.69. The normalized spacial score (nSPS) is 10.8. The summed E-state index contributed by atoms with van der Waals surface area (Å²) in [6.45, 7) is 0. The summed E-state index contributed by atoms with van der Waals surface area (Å²) in [4.78, 5) is 21.6. The van der Waals surface area contributed by atoms with Gasteiger partial charge in [-0.15, -0.1) is 0 Å². The van der Waals surface area contributed by atoms with E-state index in [1.54, 1.807) is 0 Å². The lowest BCUT2D eigenvalue weighted by Gasteiger charge is -1.92. The van der Waals surface area contributed by atoms with Gasteiger partial charge >= 0.3 is 19.3 Å². The largest absolute Gasteiger partial charge is 0.469 e. The fourth-order valence-electron chi connectivity index (χ4n) is 0.625. The zero-order valence-corrected chi connectivity index (χ0v) is 8.50. The molecule has 0 bridgehead atoms. The van der Waals surface area contributed by atoms with Gasteiger partial charge in [0, 0.05) is 7.11 Å². The van der Waals surface area contributed by atoms with Crippen LogP contribution < -0.4 is 0 Å². The van der Waals surface area contributed by atoms with Crippen molar-refractivity contribution in [3.05, 3.63) is 0 Å². The Bertz CT molecular complexity index is 213. The van der Waals surface area contributed by atoms with Gasteiger partial charge in [-0.3, -0.25) is 4.79 Å². The monoisotopic (exact) mass is 207 g/mol. The van der Waals surface area contributed by atoms with E-state index in [4.69, 9.17) is 0 Å². The van der Waals surface area contributed by atoms with Crippen molar-refractivity contribution in [3.8, 4) is 0 Å². The third kappa shape index (κ3) is 5.44. The van der Waals surface area contributed by atoms with Crippen LogP contribution in [0.15, 0.2) is 0 Å². The molecule has 0 radical (unpaired) electrons. The Kier molecular flexibility index (Phi) is 6.28. The van der Waals surface area contributed by atoms with E-state index in [-0.39, 0.29) is 19.2 Å². The van der Waals surface area contributed by atoms with Gasteiger partial charge in [-0.2, -0.15) is 0 Å². The van der Waals surface area contributed by atoms with Gasteiger partial charge in [-0.1, -0.05) is 4.57 Å². The van der Waals surface area contributed by atoms with Crippen molar-refractivity contribution in [3.63, 3.8) is 0 Å². The third-order valence-corrected chi connectivity index (χ3v) is 2.57. The van der Waals surface area contributed by atoms with Crippen LogP contribution in [0.25, 0.3) is 0 Å². The number of rotatable bonds is 6. The lowest BCUT2D eigenvalue weighted by Crippen LogP contribution is -2.04. The number of hydrogen-bond acceptors (Lipinski definition) is 5. The first-order valence-electron chi connectivity index (χ1n) is 3.65. The molecule has 0 saturated carbocycles. The molecule has 1 unspecified atom stereocenters. The highest BCUT2D eigenvalue weighted by Crippen LogP contribution is 2.23. The van der Waals surface area contributed by atoms with Crippen molar-refractivity contribution in [1.29, 1.82) is 0 Å². The Balaban J connectivity index is 3.74. The van der Waals surface area contributed by atoms with Gasteiger partial charge in [0.15, 0.2) is 0 Å². The molecule has 0 aliphatic rings. The number of carbonyl (C=O) groups is 2. The fourth-order valence-corrected chi connectivity index (χ4v) is 1.36. The third-order valence-electron chi connectivity index (χ3n) is 1.30. The SMILES string of the molecule is COC[P+](=O)C(=O)CCC(=O)OC. The van der Waals surface area contributed by atoms with Crippen molar-refractivity contribution in [1.82, 2.24) is 0 Å². The van der Waals surface area contributed by atoms with Crippen LogP contribution in [0.2, 0.25) is 0 Å². The molecule has 0 aromatic heterocycles. The fraction of sp³-hybridized carbons (Fsp3) is 0.714. The second-order valence-corrected chi connectivity index (χ2v) is 3.78. The molecule has 0 amide bonds. The summed E-state index contributed by atoms with van der Waals surface area (Å²) in [5, 5.41) is 0.